The van der Waals surface area contributed by atoms with E-state index < -0.39 is 0 Å². The van der Waals surface area contributed by atoms with Crippen molar-refractivity contribution in [1.82, 2.24) is 30.0 Å². The Morgan fingerprint density at radius 1 is 1.07 bits per heavy atom. The molecule has 0 saturated heterocycles. The molecule has 3 aromatic rings. The number of pyridine rings is 1. The third-order valence-electron chi connectivity index (χ3n) is 5.03. The molecular formula is C21H24N6O. The number of aryl methyl sites for hydroxylation is 1. The lowest BCUT2D eigenvalue weighted by atomic mass is 10.1. The summed E-state index contributed by atoms with van der Waals surface area (Å²) in [5.41, 5.74) is 3.01. The lowest BCUT2D eigenvalue weighted by Crippen LogP contribution is -2.28. The smallest absolute Gasteiger partial charge is 0.270 e. The van der Waals surface area contributed by atoms with Crippen molar-refractivity contribution in [2.75, 3.05) is 13.1 Å². The summed E-state index contributed by atoms with van der Waals surface area (Å²) in [6.45, 7) is 6.09. The molecule has 0 unspecified atom stereocenters. The molecular weight excluding hydrogens is 352 g/mol. The van der Waals surface area contributed by atoms with E-state index in [1.807, 2.05) is 0 Å². The molecule has 1 aliphatic rings. The summed E-state index contributed by atoms with van der Waals surface area (Å²) >= 11 is 0. The van der Waals surface area contributed by atoms with Crippen molar-refractivity contribution in [2.24, 2.45) is 0 Å². The van der Waals surface area contributed by atoms with E-state index >= 15 is 0 Å². The van der Waals surface area contributed by atoms with Gasteiger partial charge in [-0.25, -0.2) is 0 Å². The van der Waals surface area contributed by atoms with Gasteiger partial charge in [-0.05, 0) is 24.6 Å². The maximum Gasteiger partial charge on any atom is 0.270 e. The molecule has 0 bridgehead atoms. The largest absolute Gasteiger partial charge is 0.343 e. The molecule has 2 aromatic heterocycles. The molecule has 1 N–H and O–H groups in total. The van der Waals surface area contributed by atoms with Crippen molar-refractivity contribution in [3.05, 3.63) is 77.1 Å². The van der Waals surface area contributed by atoms with Gasteiger partial charge in [0.1, 0.15) is 11.5 Å². The molecule has 0 aliphatic carbocycles. The molecule has 0 radical (unpaired) electrons. The van der Waals surface area contributed by atoms with E-state index in [9.17, 15) is 4.79 Å². The Labute approximate surface area is 164 Å². The number of nitrogens with zero attached hydrogens (tertiary/aromatic N) is 5. The van der Waals surface area contributed by atoms with Crippen molar-refractivity contribution >= 4 is 5.91 Å². The molecule has 1 amide bonds. The van der Waals surface area contributed by atoms with Crippen molar-refractivity contribution in [3.8, 4) is 0 Å². The van der Waals surface area contributed by atoms with Gasteiger partial charge in [0, 0.05) is 38.8 Å². The number of carbonyl (C=O) groups is 1. The van der Waals surface area contributed by atoms with Gasteiger partial charge in [0.05, 0.1) is 6.54 Å². The van der Waals surface area contributed by atoms with Crippen molar-refractivity contribution in [1.29, 1.82) is 0 Å². The zero-order valence-electron chi connectivity index (χ0n) is 16.0. The molecule has 4 rings (SSSR count). The minimum atomic E-state index is -0.201. The third-order valence-corrected chi connectivity index (χ3v) is 5.03. The first-order valence-electron chi connectivity index (χ1n) is 9.57. The lowest BCUT2D eigenvalue weighted by Gasteiger charge is -2.19. The fourth-order valence-corrected chi connectivity index (χ4v) is 3.41. The minimum absolute atomic E-state index is 0.201. The third kappa shape index (κ3) is 4.26. The molecule has 3 heterocycles. The quantitative estimate of drug-likeness (QED) is 0.737. The number of benzene rings is 1. The Morgan fingerprint density at radius 2 is 1.93 bits per heavy atom. The monoisotopic (exact) mass is 376 g/mol. The summed E-state index contributed by atoms with van der Waals surface area (Å²) in [4.78, 5) is 18.7. The highest BCUT2D eigenvalue weighted by Gasteiger charge is 2.19. The Hall–Kier alpha value is -3.06. The van der Waals surface area contributed by atoms with Crippen LogP contribution in [-0.4, -0.2) is 43.6 Å². The van der Waals surface area contributed by atoms with Crippen LogP contribution in [-0.2, 0) is 26.1 Å². The zero-order valence-corrected chi connectivity index (χ0v) is 16.0. The molecule has 0 saturated carbocycles. The van der Waals surface area contributed by atoms with E-state index in [1.165, 1.54) is 11.1 Å². The van der Waals surface area contributed by atoms with Gasteiger partial charge in [-0.15, -0.1) is 10.2 Å². The summed E-state index contributed by atoms with van der Waals surface area (Å²) in [5, 5.41) is 11.5. The fourth-order valence-electron chi connectivity index (χ4n) is 3.41. The lowest BCUT2D eigenvalue weighted by molar-refractivity contribution is 0.0944. The van der Waals surface area contributed by atoms with Crippen molar-refractivity contribution in [3.63, 3.8) is 0 Å². The van der Waals surface area contributed by atoms with Gasteiger partial charge >= 0.3 is 0 Å². The van der Waals surface area contributed by atoms with Gasteiger partial charge in [-0.1, -0.05) is 35.9 Å². The van der Waals surface area contributed by atoms with E-state index in [2.05, 4.69) is 61.2 Å². The maximum absolute atomic E-state index is 12.2. The maximum atomic E-state index is 12.2. The van der Waals surface area contributed by atoms with Gasteiger partial charge in [0.2, 0.25) is 0 Å². The summed E-state index contributed by atoms with van der Waals surface area (Å²) in [6, 6.07) is 14.0. The first-order valence-corrected chi connectivity index (χ1v) is 9.57. The number of rotatable bonds is 5. The molecule has 7 nitrogen and oxygen atoms in total. The van der Waals surface area contributed by atoms with Crippen LogP contribution in [0.3, 0.4) is 0 Å². The van der Waals surface area contributed by atoms with Gasteiger partial charge in [-0.2, -0.15) is 0 Å². The van der Waals surface area contributed by atoms with E-state index in [4.69, 9.17) is 0 Å². The van der Waals surface area contributed by atoms with Gasteiger partial charge in [0.15, 0.2) is 5.82 Å². The van der Waals surface area contributed by atoms with E-state index in [0.29, 0.717) is 12.2 Å². The van der Waals surface area contributed by atoms with Crippen LogP contribution in [0.4, 0.5) is 0 Å². The Morgan fingerprint density at radius 3 is 2.71 bits per heavy atom. The van der Waals surface area contributed by atoms with Crippen molar-refractivity contribution < 1.29 is 4.79 Å². The molecule has 1 aromatic carbocycles. The Balaban J connectivity index is 1.37. The number of aromatic nitrogens is 4. The summed E-state index contributed by atoms with van der Waals surface area (Å²) in [5.74, 6) is 1.57. The number of amides is 1. The summed E-state index contributed by atoms with van der Waals surface area (Å²) in [6.07, 6.45) is 2.47. The highest BCUT2D eigenvalue weighted by atomic mass is 16.1. The van der Waals surface area contributed by atoms with Gasteiger partial charge < -0.3 is 9.88 Å². The molecule has 0 fully saturated rings. The van der Waals surface area contributed by atoms with Crippen LogP contribution in [0.1, 0.15) is 33.3 Å². The number of hydrogen-bond acceptors (Lipinski definition) is 5. The minimum Gasteiger partial charge on any atom is -0.343 e. The van der Waals surface area contributed by atoms with Crippen molar-refractivity contribution in [2.45, 2.75) is 33.0 Å². The first-order chi connectivity index (χ1) is 13.7. The number of nitrogens with one attached hydrogen (secondary N) is 1. The van der Waals surface area contributed by atoms with Crippen LogP contribution >= 0.6 is 0 Å². The van der Waals surface area contributed by atoms with E-state index in [-0.39, 0.29) is 5.91 Å². The Kier molecular flexibility index (Phi) is 5.43. The van der Waals surface area contributed by atoms with Crippen LogP contribution in [0.15, 0.2) is 48.7 Å². The SMILES string of the molecule is Cc1ccc(CN2CCc3nnc(CNC(=O)c4ccccn4)n3CC2)cc1. The summed E-state index contributed by atoms with van der Waals surface area (Å²) < 4.78 is 2.13. The second kappa shape index (κ2) is 8.31. The van der Waals surface area contributed by atoms with E-state index in [0.717, 1.165) is 44.2 Å². The van der Waals surface area contributed by atoms with Crippen LogP contribution in [0.25, 0.3) is 0 Å². The normalized spacial score (nSPS) is 14.3. The molecule has 7 heteroatoms. The molecule has 1 aliphatic heterocycles. The summed E-state index contributed by atoms with van der Waals surface area (Å²) in [7, 11) is 0. The average molecular weight is 376 g/mol. The van der Waals surface area contributed by atoms with Crippen LogP contribution in [0, 0.1) is 6.92 Å². The Bertz CT molecular complexity index is 935. The number of hydrogen-bond donors (Lipinski definition) is 1. The number of fused-ring (bicyclic) bond motifs is 1. The van der Waals surface area contributed by atoms with Crippen LogP contribution in [0.5, 0.6) is 0 Å². The predicted octanol–water partition coefficient (Wildman–Crippen LogP) is 1.97. The molecule has 28 heavy (non-hydrogen) atoms. The standard InChI is InChI=1S/C21H24N6O/c1-16-5-7-17(8-6-16)15-26-11-9-19-24-25-20(27(19)13-12-26)14-23-21(28)18-4-2-3-10-22-18/h2-8,10H,9,11-15H2,1H3,(H,23,28). The van der Waals surface area contributed by atoms with Crippen LogP contribution < -0.4 is 5.32 Å². The molecule has 0 atom stereocenters. The second-order valence-corrected chi connectivity index (χ2v) is 7.09. The fraction of sp³-hybridized carbons (Fsp3) is 0.333. The van der Waals surface area contributed by atoms with Crippen LogP contribution in [0.2, 0.25) is 0 Å². The average Bonchev–Trinajstić information content (AvgIpc) is 3.01. The number of carbonyl (C=O) groups excluding carboxylic acids is 1. The highest BCUT2D eigenvalue weighted by Crippen LogP contribution is 2.13. The van der Waals surface area contributed by atoms with Gasteiger partial charge in [0.25, 0.3) is 5.91 Å². The highest BCUT2D eigenvalue weighted by molar-refractivity contribution is 5.92. The second-order valence-electron chi connectivity index (χ2n) is 7.09. The zero-order chi connectivity index (χ0) is 19.3. The molecule has 0 spiro atoms. The van der Waals surface area contributed by atoms with E-state index in [1.54, 1.807) is 24.4 Å². The van der Waals surface area contributed by atoms with Gasteiger partial charge in [-0.3, -0.25) is 14.7 Å². The first kappa shape index (κ1) is 18.3. The topological polar surface area (TPSA) is 75.9 Å². The predicted molar refractivity (Wildman–Crippen MR) is 106 cm³/mol. The molecule has 144 valence electrons.